The molecule has 1 atom stereocenters. The molecular weight excluding hydrogens is 264 g/mol. The maximum absolute atomic E-state index is 13.4. The SMILES string of the molecule is CC(C)[C@@H](CO)NS(=O)(=O)c1cc(F)ccc1F. The largest absolute Gasteiger partial charge is 0.395 e. The molecule has 0 aliphatic carbocycles. The monoisotopic (exact) mass is 279 g/mol. The number of halogens is 2. The van der Waals surface area contributed by atoms with Gasteiger partial charge in [-0.05, 0) is 24.1 Å². The van der Waals surface area contributed by atoms with E-state index < -0.39 is 39.2 Å². The van der Waals surface area contributed by atoms with Gasteiger partial charge >= 0.3 is 0 Å². The van der Waals surface area contributed by atoms with Crippen molar-refractivity contribution in [1.82, 2.24) is 4.72 Å². The predicted molar refractivity (Wildman–Crippen MR) is 62.4 cm³/mol. The molecule has 2 N–H and O–H groups in total. The van der Waals surface area contributed by atoms with Crippen LogP contribution in [0.2, 0.25) is 0 Å². The minimum Gasteiger partial charge on any atom is -0.395 e. The molecule has 0 bridgehead atoms. The molecule has 1 aromatic rings. The molecule has 0 spiro atoms. The van der Waals surface area contributed by atoms with Crippen molar-refractivity contribution < 1.29 is 22.3 Å². The lowest BCUT2D eigenvalue weighted by molar-refractivity contribution is 0.227. The van der Waals surface area contributed by atoms with E-state index in [1.165, 1.54) is 0 Å². The Labute approximate surface area is 105 Å². The first-order valence-electron chi connectivity index (χ1n) is 5.36. The second-order valence-electron chi connectivity index (χ2n) is 4.23. The zero-order chi connectivity index (χ0) is 13.9. The van der Waals surface area contributed by atoms with Crippen LogP contribution in [0, 0.1) is 17.6 Å². The molecule has 0 amide bonds. The minimum absolute atomic E-state index is 0.179. The van der Waals surface area contributed by atoms with Crippen molar-refractivity contribution in [2.45, 2.75) is 24.8 Å². The second-order valence-corrected chi connectivity index (χ2v) is 5.91. The van der Waals surface area contributed by atoms with Crippen LogP contribution in [0.1, 0.15) is 13.8 Å². The molecule has 102 valence electrons. The molecule has 0 fully saturated rings. The summed E-state index contributed by atoms with van der Waals surface area (Å²) in [7, 11) is -4.19. The molecule has 0 heterocycles. The fourth-order valence-electron chi connectivity index (χ4n) is 1.33. The number of rotatable bonds is 5. The van der Waals surface area contributed by atoms with Crippen LogP contribution < -0.4 is 4.72 Å². The van der Waals surface area contributed by atoms with Crippen LogP contribution in [0.15, 0.2) is 23.1 Å². The van der Waals surface area contributed by atoms with E-state index in [2.05, 4.69) is 4.72 Å². The Morgan fingerprint density at radius 1 is 1.33 bits per heavy atom. The van der Waals surface area contributed by atoms with Crippen LogP contribution in [0.4, 0.5) is 8.78 Å². The van der Waals surface area contributed by atoms with Gasteiger partial charge in [0.05, 0.1) is 6.61 Å². The lowest BCUT2D eigenvalue weighted by Crippen LogP contribution is -2.41. The number of nitrogens with one attached hydrogen (secondary N) is 1. The van der Waals surface area contributed by atoms with Gasteiger partial charge in [0.15, 0.2) is 0 Å². The zero-order valence-corrected chi connectivity index (χ0v) is 10.8. The van der Waals surface area contributed by atoms with Crippen molar-refractivity contribution in [2.24, 2.45) is 5.92 Å². The molecule has 0 aliphatic rings. The van der Waals surface area contributed by atoms with E-state index in [0.717, 1.165) is 12.1 Å². The highest BCUT2D eigenvalue weighted by Gasteiger charge is 2.25. The van der Waals surface area contributed by atoms with Crippen LogP contribution in [0.3, 0.4) is 0 Å². The highest BCUT2D eigenvalue weighted by molar-refractivity contribution is 7.89. The van der Waals surface area contributed by atoms with Crippen molar-refractivity contribution in [1.29, 1.82) is 0 Å². The fourth-order valence-corrected chi connectivity index (χ4v) is 2.79. The van der Waals surface area contributed by atoms with Gasteiger partial charge in [-0.2, -0.15) is 0 Å². The Hall–Kier alpha value is -1.05. The van der Waals surface area contributed by atoms with Gasteiger partial charge in [0, 0.05) is 6.04 Å². The fraction of sp³-hybridized carbons (Fsp3) is 0.455. The van der Waals surface area contributed by atoms with E-state index >= 15 is 0 Å². The van der Waals surface area contributed by atoms with E-state index in [-0.39, 0.29) is 5.92 Å². The zero-order valence-electron chi connectivity index (χ0n) is 10.0. The number of aliphatic hydroxyl groups excluding tert-OH is 1. The Balaban J connectivity index is 3.10. The van der Waals surface area contributed by atoms with Gasteiger partial charge in [-0.3, -0.25) is 0 Å². The molecule has 0 saturated heterocycles. The van der Waals surface area contributed by atoms with Crippen LogP contribution in [0.5, 0.6) is 0 Å². The van der Waals surface area contributed by atoms with Gasteiger partial charge in [-0.1, -0.05) is 13.8 Å². The maximum atomic E-state index is 13.4. The molecule has 1 rings (SSSR count). The number of aliphatic hydroxyl groups is 1. The summed E-state index contributed by atoms with van der Waals surface area (Å²) in [4.78, 5) is -0.762. The molecule has 0 aliphatic heterocycles. The highest BCUT2D eigenvalue weighted by atomic mass is 32.2. The third kappa shape index (κ3) is 3.47. The van der Waals surface area contributed by atoms with E-state index in [1.807, 2.05) is 0 Å². The van der Waals surface area contributed by atoms with E-state index in [1.54, 1.807) is 13.8 Å². The summed E-state index contributed by atoms with van der Waals surface area (Å²) < 4.78 is 52.2. The molecule has 7 heteroatoms. The molecule has 0 saturated carbocycles. The Morgan fingerprint density at radius 3 is 2.44 bits per heavy atom. The molecule has 0 aromatic heterocycles. The van der Waals surface area contributed by atoms with Gasteiger partial charge in [0.1, 0.15) is 16.5 Å². The summed E-state index contributed by atoms with van der Waals surface area (Å²) in [5.41, 5.74) is 0. The van der Waals surface area contributed by atoms with Gasteiger partial charge in [0.2, 0.25) is 10.0 Å². The lowest BCUT2D eigenvalue weighted by atomic mass is 10.1. The highest BCUT2D eigenvalue weighted by Crippen LogP contribution is 2.17. The van der Waals surface area contributed by atoms with E-state index in [0.29, 0.717) is 6.07 Å². The van der Waals surface area contributed by atoms with Gasteiger partial charge in [-0.15, -0.1) is 0 Å². The summed E-state index contributed by atoms with van der Waals surface area (Å²) in [5.74, 6) is -2.06. The molecule has 4 nitrogen and oxygen atoms in total. The molecule has 1 aromatic carbocycles. The summed E-state index contributed by atoms with van der Waals surface area (Å²) in [5, 5.41) is 9.04. The maximum Gasteiger partial charge on any atom is 0.243 e. The first-order chi connectivity index (χ1) is 8.27. The Morgan fingerprint density at radius 2 is 1.94 bits per heavy atom. The van der Waals surface area contributed by atoms with Crippen LogP contribution >= 0.6 is 0 Å². The van der Waals surface area contributed by atoms with Crippen LogP contribution in [-0.2, 0) is 10.0 Å². The summed E-state index contributed by atoms with van der Waals surface area (Å²) in [6.07, 6.45) is 0. The van der Waals surface area contributed by atoms with Crippen molar-refractivity contribution in [2.75, 3.05) is 6.61 Å². The summed E-state index contributed by atoms with van der Waals surface area (Å²) in [6.45, 7) is 2.98. The Bertz CT molecular complexity index is 517. The number of sulfonamides is 1. The average molecular weight is 279 g/mol. The van der Waals surface area contributed by atoms with Crippen molar-refractivity contribution in [3.05, 3.63) is 29.8 Å². The standard InChI is InChI=1S/C11H15F2NO3S/c1-7(2)10(6-15)14-18(16,17)11-5-8(12)3-4-9(11)13/h3-5,7,10,14-15H,6H2,1-2H3/t10-/m1/s1. The van der Waals surface area contributed by atoms with Crippen LogP contribution in [-0.4, -0.2) is 26.2 Å². The van der Waals surface area contributed by atoms with Gasteiger partial charge in [-0.25, -0.2) is 21.9 Å². The first-order valence-corrected chi connectivity index (χ1v) is 6.84. The van der Waals surface area contributed by atoms with Crippen molar-refractivity contribution in [3.63, 3.8) is 0 Å². The van der Waals surface area contributed by atoms with Crippen LogP contribution in [0.25, 0.3) is 0 Å². The normalized spacial score (nSPS) is 13.9. The molecule has 18 heavy (non-hydrogen) atoms. The second kappa shape index (κ2) is 5.73. The summed E-state index contributed by atoms with van der Waals surface area (Å²) >= 11 is 0. The minimum atomic E-state index is -4.19. The lowest BCUT2D eigenvalue weighted by Gasteiger charge is -2.20. The number of hydrogen-bond acceptors (Lipinski definition) is 3. The topological polar surface area (TPSA) is 66.4 Å². The third-order valence-electron chi connectivity index (χ3n) is 2.49. The molecule has 0 radical (unpaired) electrons. The third-order valence-corrected chi connectivity index (χ3v) is 4.00. The Kier molecular flexibility index (Phi) is 4.78. The quantitative estimate of drug-likeness (QED) is 0.852. The molecule has 0 unspecified atom stereocenters. The van der Waals surface area contributed by atoms with E-state index in [4.69, 9.17) is 5.11 Å². The number of hydrogen-bond donors (Lipinski definition) is 2. The predicted octanol–water partition coefficient (Wildman–Crippen LogP) is 1.26. The van der Waals surface area contributed by atoms with Gasteiger partial charge < -0.3 is 5.11 Å². The first kappa shape index (κ1) is 15.0. The van der Waals surface area contributed by atoms with Crippen molar-refractivity contribution >= 4 is 10.0 Å². The average Bonchev–Trinajstić information content (AvgIpc) is 2.28. The number of benzene rings is 1. The van der Waals surface area contributed by atoms with E-state index in [9.17, 15) is 17.2 Å². The van der Waals surface area contributed by atoms with Crippen molar-refractivity contribution in [3.8, 4) is 0 Å². The molecular formula is C11H15F2NO3S. The smallest absolute Gasteiger partial charge is 0.243 e. The van der Waals surface area contributed by atoms with Gasteiger partial charge in [0.25, 0.3) is 0 Å². The summed E-state index contributed by atoms with van der Waals surface area (Å²) in [6, 6.07) is 1.43.